The second kappa shape index (κ2) is 5.40. The number of nitrogens with one attached hydrogen (secondary N) is 2. The van der Waals surface area contributed by atoms with Gasteiger partial charge in [-0.05, 0) is 29.8 Å². The summed E-state index contributed by atoms with van der Waals surface area (Å²) in [6, 6.07) is 8.88. The monoisotopic (exact) mass is 287 g/mol. The predicted molar refractivity (Wildman–Crippen MR) is 73.9 cm³/mol. The van der Waals surface area contributed by atoms with E-state index in [1.165, 1.54) is 12.1 Å². The quantitative estimate of drug-likeness (QED) is 0.886. The molecule has 0 radical (unpaired) electrons. The van der Waals surface area contributed by atoms with E-state index >= 15 is 0 Å². The summed E-state index contributed by atoms with van der Waals surface area (Å²) in [6.07, 6.45) is 1.76. The van der Waals surface area contributed by atoms with Gasteiger partial charge in [-0.2, -0.15) is 0 Å². The van der Waals surface area contributed by atoms with Crippen molar-refractivity contribution in [2.24, 2.45) is 0 Å². The molecule has 1 unspecified atom stereocenters. The van der Waals surface area contributed by atoms with Gasteiger partial charge in [0.2, 0.25) is 5.91 Å². The molecule has 0 fully saturated rings. The zero-order valence-corrected chi connectivity index (χ0v) is 11.2. The van der Waals surface area contributed by atoms with E-state index in [0.29, 0.717) is 17.8 Å². The molecule has 0 saturated heterocycles. The Hall–Kier alpha value is -2.63. The fourth-order valence-electron chi connectivity index (χ4n) is 2.36. The summed E-state index contributed by atoms with van der Waals surface area (Å²) in [5, 5.41) is 5.37. The van der Waals surface area contributed by atoms with E-state index in [1.807, 2.05) is 0 Å². The van der Waals surface area contributed by atoms with Gasteiger partial charge in [0.15, 0.2) is 0 Å². The van der Waals surface area contributed by atoms with Gasteiger partial charge in [-0.15, -0.1) is 0 Å². The van der Waals surface area contributed by atoms with Crippen molar-refractivity contribution in [3.05, 3.63) is 59.7 Å². The van der Waals surface area contributed by atoms with Gasteiger partial charge in [-0.1, -0.05) is 12.1 Å². The number of fused-ring (bicyclic) bond motifs is 1. The Morgan fingerprint density at radius 3 is 3.05 bits per heavy atom. The van der Waals surface area contributed by atoms with Gasteiger partial charge in [-0.25, -0.2) is 4.39 Å². The van der Waals surface area contributed by atoms with Crippen molar-refractivity contribution in [2.45, 2.75) is 19.1 Å². The van der Waals surface area contributed by atoms with Gasteiger partial charge >= 0.3 is 0 Å². The minimum atomic E-state index is -0.619. The second-order valence-electron chi connectivity index (χ2n) is 4.92. The number of amides is 2. The first-order valence-electron chi connectivity index (χ1n) is 6.61. The van der Waals surface area contributed by atoms with Gasteiger partial charge < -0.3 is 15.2 Å². The van der Waals surface area contributed by atoms with Crippen LogP contribution in [0.3, 0.4) is 0 Å². The zero-order chi connectivity index (χ0) is 14.8. The van der Waals surface area contributed by atoms with Gasteiger partial charge in [0.05, 0.1) is 6.54 Å². The summed E-state index contributed by atoms with van der Waals surface area (Å²) in [5.74, 6) is -0.895. The van der Waals surface area contributed by atoms with Gasteiger partial charge in [0.1, 0.15) is 17.6 Å². The first kappa shape index (κ1) is 13.4. The number of halogens is 1. The molecule has 1 aliphatic rings. The van der Waals surface area contributed by atoms with Crippen LogP contribution in [-0.4, -0.2) is 22.4 Å². The Morgan fingerprint density at radius 2 is 2.24 bits per heavy atom. The molecule has 0 aliphatic carbocycles. The number of hydrogen-bond acceptors (Lipinski definition) is 2. The molecular weight excluding hydrogens is 273 g/mol. The number of rotatable bonds is 3. The summed E-state index contributed by atoms with van der Waals surface area (Å²) >= 11 is 0. The van der Waals surface area contributed by atoms with E-state index in [4.69, 9.17) is 0 Å². The summed E-state index contributed by atoms with van der Waals surface area (Å²) in [7, 11) is 0. The third-order valence-electron chi connectivity index (χ3n) is 3.42. The van der Waals surface area contributed by atoms with Crippen molar-refractivity contribution >= 4 is 11.8 Å². The van der Waals surface area contributed by atoms with E-state index in [1.54, 1.807) is 35.0 Å². The van der Waals surface area contributed by atoms with E-state index in [2.05, 4.69) is 10.6 Å². The highest BCUT2D eigenvalue weighted by Crippen LogP contribution is 2.10. The van der Waals surface area contributed by atoms with Crippen molar-refractivity contribution in [1.82, 2.24) is 15.2 Å². The number of carbonyl (C=O) groups excluding carboxylic acids is 2. The van der Waals surface area contributed by atoms with Crippen molar-refractivity contribution in [3.63, 3.8) is 0 Å². The molecule has 2 amide bonds. The van der Waals surface area contributed by atoms with E-state index < -0.39 is 6.04 Å². The molecule has 1 aromatic carbocycles. The van der Waals surface area contributed by atoms with Crippen LogP contribution in [0.5, 0.6) is 0 Å². The first-order valence-corrected chi connectivity index (χ1v) is 6.61. The van der Waals surface area contributed by atoms with E-state index in [-0.39, 0.29) is 24.2 Å². The van der Waals surface area contributed by atoms with Gasteiger partial charge in [-0.3, -0.25) is 9.59 Å². The Balaban J connectivity index is 1.63. The van der Waals surface area contributed by atoms with Crippen LogP contribution in [0.1, 0.15) is 16.1 Å². The molecule has 2 aromatic rings. The highest BCUT2D eigenvalue weighted by Gasteiger charge is 2.28. The van der Waals surface area contributed by atoms with Crippen LogP contribution in [0.25, 0.3) is 0 Å². The lowest BCUT2D eigenvalue weighted by molar-refractivity contribution is -0.123. The maximum Gasteiger partial charge on any atom is 0.268 e. The van der Waals surface area contributed by atoms with E-state index in [9.17, 15) is 14.0 Å². The molecule has 1 aromatic heterocycles. The maximum atomic E-state index is 13.1. The number of nitrogens with zero attached hydrogens (tertiary/aromatic N) is 1. The number of carbonyl (C=O) groups is 2. The topological polar surface area (TPSA) is 63.1 Å². The molecule has 2 N–H and O–H groups in total. The normalized spacial score (nSPS) is 17.0. The molecule has 21 heavy (non-hydrogen) atoms. The van der Waals surface area contributed by atoms with Crippen LogP contribution < -0.4 is 10.6 Å². The highest BCUT2D eigenvalue weighted by atomic mass is 19.1. The van der Waals surface area contributed by atoms with Crippen molar-refractivity contribution in [1.29, 1.82) is 0 Å². The smallest absolute Gasteiger partial charge is 0.268 e. The molecule has 0 spiro atoms. The zero-order valence-electron chi connectivity index (χ0n) is 11.2. The Kier molecular flexibility index (Phi) is 3.43. The van der Waals surface area contributed by atoms with Crippen LogP contribution >= 0.6 is 0 Å². The Bertz CT molecular complexity index is 696. The molecule has 6 heteroatoms. The van der Waals surface area contributed by atoms with Gasteiger partial charge in [0.25, 0.3) is 5.91 Å². The van der Waals surface area contributed by atoms with Crippen molar-refractivity contribution in [3.8, 4) is 0 Å². The van der Waals surface area contributed by atoms with Gasteiger partial charge in [0, 0.05) is 12.7 Å². The molecule has 5 nitrogen and oxygen atoms in total. The lowest BCUT2D eigenvalue weighted by Gasteiger charge is -2.24. The Morgan fingerprint density at radius 1 is 1.38 bits per heavy atom. The third-order valence-corrected chi connectivity index (χ3v) is 3.42. The average Bonchev–Trinajstić information content (AvgIpc) is 2.94. The number of benzene rings is 1. The molecule has 108 valence electrons. The number of aromatic nitrogens is 1. The minimum Gasteiger partial charge on any atom is -0.350 e. The molecule has 1 aliphatic heterocycles. The molecule has 0 bridgehead atoms. The van der Waals surface area contributed by atoms with E-state index in [0.717, 1.165) is 0 Å². The van der Waals surface area contributed by atoms with Crippen molar-refractivity contribution in [2.75, 3.05) is 0 Å². The Labute approximate surface area is 120 Å². The summed E-state index contributed by atoms with van der Waals surface area (Å²) in [5.41, 5.74) is 1.22. The highest BCUT2D eigenvalue weighted by molar-refractivity contribution is 5.97. The maximum absolute atomic E-state index is 13.1. The fourth-order valence-corrected chi connectivity index (χ4v) is 2.36. The van der Waals surface area contributed by atoms with Crippen LogP contribution in [0, 0.1) is 5.82 Å². The summed E-state index contributed by atoms with van der Waals surface area (Å²) < 4.78 is 14.8. The summed E-state index contributed by atoms with van der Waals surface area (Å²) in [4.78, 5) is 23.9. The molecule has 0 saturated carbocycles. The van der Waals surface area contributed by atoms with Crippen LogP contribution in [0.15, 0.2) is 42.6 Å². The lowest BCUT2D eigenvalue weighted by atomic mass is 10.2. The average molecular weight is 287 g/mol. The molecular formula is C15H14FN3O2. The first-order chi connectivity index (χ1) is 10.1. The van der Waals surface area contributed by atoms with Crippen LogP contribution in [0.4, 0.5) is 4.39 Å². The van der Waals surface area contributed by atoms with Crippen molar-refractivity contribution < 1.29 is 14.0 Å². The minimum absolute atomic E-state index is 0.224. The summed E-state index contributed by atoms with van der Waals surface area (Å²) in [6.45, 7) is 0.616. The molecule has 3 rings (SSSR count). The molecule has 2 heterocycles. The molecule has 1 atom stereocenters. The lowest BCUT2D eigenvalue weighted by Crippen LogP contribution is -2.52. The third kappa shape index (κ3) is 2.79. The largest absolute Gasteiger partial charge is 0.350 e. The second-order valence-corrected chi connectivity index (χ2v) is 4.92. The predicted octanol–water partition coefficient (Wildman–Crippen LogP) is 1.06. The van der Waals surface area contributed by atoms with Crippen LogP contribution in [-0.2, 0) is 17.9 Å². The number of hydrogen-bond donors (Lipinski definition) is 2. The fraction of sp³-hybridized carbons (Fsp3) is 0.200. The van der Waals surface area contributed by atoms with Crippen LogP contribution in [0.2, 0.25) is 0 Å². The SMILES string of the molecule is O=C1NC(C(=O)NCc2cccc(F)c2)Cn2cccc21. The standard InChI is InChI=1S/C15H14FN3O2/c16-11-4-1-3-10(7-11)8-17-14(20)12-9-19-6-2-5-13(19)15(21)18-12/h1-7,12H,8-9H2,(H,17,20)(H,18,21).